The molecule has 1 unspecified atom stereocenters. The minimum absolute atomic E-state index is 0. The number of nitrogens with zero attached hydrogens (tertiary/aromatic N) is 1. The van der Waals surface area contributed by atoms with E-state index in [9.17, 15) is 8.42 Å². The van der Waals surface area contributed by atoms with E-state index in [2.05, 4.69) is 12.2 Å². The number of hydrogen-bond donors (Lipinski definition) is 1. The second-order valence-corrected chi connectivity index (χ2v) is 6.86. The molecule has 20 heavy (non-hydrogen) atoms. The second kappa shape index (κ2) is 7.41. The average molecular weight is 319 g/mol. The summed E-state index contributed by atoms with van der Waals surface area (Å²) >= 11 is 0. The Kier molecular flexibility index (Phi) is 6.45. The molecule has 1 aromatic rings. The molecule has 0 spiro atoms. The van der Waals surface area contributed by atoms with Gasteiger partial charge in [-0.15, -0.1) is 12.4 Å². The smallest absolute Gasteiger partial charge is 0.243 e. The Labute approximate surface area is 128 Å². The molecule has 6 heteroatoms. The molecule has 1 heterocycles. The standard InChI is InChI=1S/C14H22N2O2S.ClH/c1-3-12-6-8-14(9-7-12)19(17,18)16-10-4-5-13(16)11-15-2;/h6-9,13,15H,3-5,10-11H2,1-2H3;1H. The van der Waals surface area contributed by atoms with Crippen LogP contribution in [0.4, 0.5) is 0 Å². The molecule has 114 valence electrons. The molecule has 2 rings (SSSR count). The van der Waals surface area contributed by atoms with Crippen LogP contribution in [-0.4, -0.2) is 38.9 Å². The zero-order chi connectivity index (χ0) is 13.9. The van der Waals surface area contributed by atoms with Gasteiger partial charge < -0.3 is 5.32 Å². The molecule has 4 nitrogen and oxygen atoms in total. The van der Waals surface area contributed by atoms with Crippen molar-refractivity contribution in [2.75, 3.05) is 20.1 Å². The van der Waals surface area contributed by atoms with Crippen LogP contribution in [0.5, 0.6) is 0 Å². The topological polar surface area (TPSA) is 49.4 Å². The molecule has 1 fully saturated rings. The fraction of sp³-hybridized carbons (Fsp3) is 0.571. The number of hydrogen-bond acceptors (Lipinski definition) is 3. The molecule has 0 amide bonds. The van der Waals surface area contributed by atoms with Gasteiger partial charge in [-0.2, -0.15) is 4.31 Å². The summed E-state index contributed by atoms with van der Waals surface area (Å²) in [6.07, 6.45) is 2.80. The van der Waals surface area contributed by atoms with Crippen LogP contribution < -0.4 is 5.32 Å². The fourth-order valence-electron chi connectivity index (χ4n) is 2.60. The maximum atomic E-state index is 12.6. The van der Waals surface area contributed by atoms with E-state index in [4.69, 9.17) is 0 Å². The minimum Gasteiger partial charge on any atom is -0.318 e. The van der Waals surface area contributed by atoms with Gasteiger partial charge in [0.25, 0.3) is 0 Å². The first-order valence-electron chi connectivity index (χ1n) is 6.85. The van der Waals surface area contributed by atoms with Crippen LogP contribution >= 0.6 is 12.4 Å². The van der Waals surface area contributed by atoms with E-state index < -0.39 is 10.0 Å². The molecule has 1 aromatic carbocycles. The maximum absolute atomic E-state index is 12.6. The Balaban J connectivity index is 0.00000200. The molecule has 0 aliphatic carbocycles. The lowest BCUT2D eigenvalue weighted by molar-refractivity contribution is 0.379. The number of aryl methyl sites for hydroxylation is 1. The van der Waals surface area contributed by atoms with E-state index in [1.165, 1.54) is 0 Å². The largest absolute Gasteiger partial charge is 0.318 e. The van der Waals surface area contributed by atoms with E-state index in [1.807, 2.05) is 19.2 Å². The van der Waals surface area contributed by atoms with Gasteiger partial charge in [-0.25, -0.2) is 8.42 Å². The number of nitrogens with one attached hydrogen (secondary N) is 1. The lowest BCUT2D eigenvalue weighted by Crippen LogP contribution is -2.40. The van der Waals surface area contributed by atoms with Gasteiger partial charge in [0.15, 0.2) is 0 Å². The Morgan fingerprint density at radius 3 is 2.50 bits per heavy atom. The van der Waals surface area contributed by atoms with Crippen molar-refractivity contribution < 1.29 is 8.42 Å². The van der Waals surface area contributed by atoms with Crippen molar-refractivity contribution in [3.8, 4) is 0 Å². The van der Waals surface area contributed by atoms with Gasteiger partial charge >= 0.3 is 0 Å². The summed E-state index contributed by atoms with van der Waals surface area (Å²) in [4.78, 5) is 0.410. The Bertz CT molecular complexity index is 516. The normalized spacial score (nSPS) is 19.8. The van der Waals surface area contributed by atoms with Crippen molar-refractivity contribution in [1.82, 2.24) is 9.62 Å². The Morgan fingerprint density at radius 1 is 1.30 bits per heavy atom. The van der Waals surface area contributed by atoms with Crippen LogP contribution in [0.3, 0.4) is 0 Å². The number of benzene rings is 1. The van der Waals surface area contributed by atoms with Gasteiger partial charge in [-0.3, -0.25) is 0 Å². The van der Waals surface area contributed by atoms with E-state index in [1.54, 1.807) is 16.4 Å². The van der Waals surface area contributed by atoms with Crippen LogP contribution in [-0.2, 0) is 16.4 Å². The van der Waals surface area contributed by atoms with E-state index in [-0.39, 0.29) is 18.4 Å². The average Bonchev–Trinajstić information content (AvgIpc) is 2.88. The zero-order valence-electron chi connectivity index (χ0n) is 12.0. The molecule has 1 saturated heterocycles. The summed E-state index contributed by atoms with van der Waals surface area (Å²) < 4.78 is 26.9. The predicted octanol–water partition coefficient (Wildman–Crippen LogP) is 2.04. The lowest BCUT2D eigenvalue weighted by Gasteiger charge is -2.24. The molecule has 0 aromatic heterocycles. The van der Waals surface area contributed by atoms with E-state index in [0.717, 1.165) is 24.8 Å². The lowest BCUT2D eigenvalue weighted by atomic mass is 10.2. The van der Waals surface area contributed by atoms with Crippen molar-refractivity contribution in [2.24, 2.45) is 0 Å². The van der Waals surface area contributed by atoms with Crippen LogP contribution in [0.1, 0.15) is 25.3 Å². The monoisotopic (exact) mass is 318 g/mol. The summed E-state index contributed by atoms with van der Waals surface area (Å²) in [6, 6.07) is 7.33. The molecule has 1 N–H and O–H groups in total. The first kappa shape index (κ1) is 17.4. The third-order valence-corrected chi connectivity index (χ3v) is 5.67. The molecule has 1 aliphatic rings. The maximum Gasteiger partial charge on any atom is 0.243 e. The Morgan fingerprint density at radius 2 is 1.95 bits per heavy atom. The molecular formula is C14H23ClN2O2S. The molecule has 1 atom stereocenters. The number of sulfonamides is 1. The SMILES string of the molecule is CCc1ccc(S(=O)(=O)N2CCCC2CNC)cc1.Cl. The van der Waals surface area contributed by atoms with Crippen molar-refractivity contribution in [2.45, 2.75) is 37.1 Å². The molecule has 0 bridgehead atoms. The van der Waals surface area contributed by atoms with E-state index >= 15 is 0 Å². The summed E-state index contributed by atoms with van der Waals surface area (Å²) in [5.74, 6) is 0. The van der Waals surface area contributed by atoms with Crippen LogP contribution in [0.2, 0.25) is 0 Å². The first-order chi connectivity index (χ1) is 9.09. The van der Waals surface area contributed by atoms with Crippen molar-refractivity contribution in [1.29, 1.82) is 0 Å². The first-order valence-corrected chi connectivity index (χ1v) is 8.29. The number of rotatable bonds is 5. The molecular weight excluding hydrogens is 296 g/mol. The highest BCUT2D eigenvalue weighted by molar-refractivity contribution is 7.89. The number of likely N-dealkylation sites (N-methyl/N-ethyl adjacent to an activating group) is 1. The summed E-state index contributed by atoms with van der Waals surface area (Å²) in [7, 11) is -1.48. The van der Waals surface area contributed by atoms with Gasteiger partial charge in [0.1, 0.15) is 0 Å². The summed E-state index contributed by atoms with van der Waals surface area (Å²) in [5, 5.41) is 3.08. The van der Waals surface area contributed by atoms with Crippen LogP contribution in [0, 0.1) is 0 Å². The van der Waals surface area contributed by atoms with Gasteiger partial charge in [0.05, 0.1) is 4.90 Å². The highest BCUT2D eigenvalue weighted by atomic mass is 35.5. The third-order valence-electron chi connectivity index (χ3n) is 3.70. The van der Waals surface area contributed by atoms with Crippen LogP contribution in [0.25, 0.3) is 0 Å². The second-order valence-electron chi connectivity index (χ2n) is 4.97. The Hall–Kier alpha value is -0.620. The van der Waals surface area contributed by atoms with Crippen molar-refractivity contribution in [3.63, 3.8) is 0 Å². The zero-order valence-corrected chi connectivity index (χ0v) is 13.6. The van der Waals surface area contributed by atoms with Gasteiger partial charge in [-0.05, 0) is 44.0 Å². The summed E-state index contributed by atoms with van der Waals surface area (Å²) in [5.41, 5.74) is 1.16. The van der Waals surface area contributed by atoms with Crippen LogP contribution in [0.15, 0.2) is 29.2 Å². The number of halogens is 1. The molecule has 0 radical (unpaired) electrons. The molecule has 0 saturated carbocycles. The van der Waals surface area contributed by atoms with Gasteiger partial charge in [0.2, 0.25) is 10.0 Å². The van der Waals surface area contributed by atoms with E-state index in [0.29, 0.717) is 18.0 Å². The molecule has 1 aliphatic heterocycles. The fourth-order valence-corrected chi connectivity index (χ4v) is 4.29. The highest BCUT2D eigenvalue weighted by Crippen LogP contribution is 2.25. The third kappa shape index (κ3) is 3.52. The van der Waals surface area contributed by atoms with Gasteiger partial charge in [-0.1, -0.05) is 19.1 Å². The highest BCUT2D eigenvalue weighted by Gasteiger charge is 2.34. The quantitative estimate of drug-likeness (QED) is 0.904. The van der Waals surface area contributed by atoms with Gasteiger partial charge in [0, 0.05) is 19.1 Å². The minimum atomic E-state index is -3.34. The summed E-state index contributed by atoms with van der Waals surface area (Å²) in [6.45, 7) is 3.41. The predicted molar refractivity (Wildman–Crippen MR) is 83.9 cm³/mol. The van der Waals surface area contributed by atoms with Crippen molar-refractivity contribution in [3.05, 3.63) is 29.8 Å². The van der Waals surface area contributed by atoms with Crippen molar-refractivity contribution >= 4 is 22.4 Å².